The molecule has 9 nitrogen and oxygen atoms in total. The summed E-state index contributed by atoms with van der Waals surface area (Å²) < 4.78 is 1.74. The van der Waals surface area contributed by atoms with Gasteiger partial charge < -0.3 is 15.5 Å². The van der Waals surface area contributed by atoms with Crippen LogP contribution in [-0.2, 0) is 16.1 Å². The van der Waals surface area contributed by atoms with E-state index in [2.05, 4.69) is 25.5 Å². The number of carbonyl (C=O) groups excluding carboxylic acids is 2. The zero-order chi connectivity index (χ0) is 24.4. The van der Waals surface area contributed by atoms with E-state index in [0.717, 1.165) is 34.8 Å². The van der Waals surface area contributed by atoms with Crippen molar-refractivity contribution >= 4 is 44.3 Å². The minimum atomic E-state index is -0.288. The number of anilines is 2. The molecule has 1 aliphatic heterocycles. The molecule has 10 heteroatoms. The summed E-state index contributed by atoms with van der Waals surface area (Å²) in [5.41, 5.74) is 2.92. The Morgan fingerprint density at radius 2 is 1.94 bits per heavy atom. The number of hydrogen-bond acceptors (Lipinski definition) is 7. The molecule has 0 atom stereocenters. The summed E-state index contributed by atoms with van der Waals surface area (Å²) >= 11 is 1.29. The van der Waals surface area contributed by atoms with Gasteiger partial charge in [0.25, 0.3) is 5.56 Å². The number of benzene rings is 1. The van der Waals surface area contributed by atoms with Crippen molar-refractivity contribution in [3.05, 3.63) is 46.0 Å². The topological polar surface area (TPSA) is 109 Å². The SMILES string of the molecule is Cc1cccc(NC(=O)Cn2cnc3nc(N4CCC(C(=O)NC(C)C)CC4)sc3c2=O)c1C. The summed E-state index contributed by atoms with van der Waals surface area (Å²) in [6.07, 6.45) is 2.86. The Kier molecular flexibility index (Phi) is 6.97. The fourth-order valence-electron chi connectivity index (χ4n) is 4.05. The van der Waals surface area contributed by atoms with Gasteiger partial charge in [0.15, 0.2) is 10.8 Å². The van der Waals surface area contributed by atoms with Crippen molar-refractivity contribution in [3.8, 4) is 0 Å². The maximum atomic E-state index is 13.0. The van der Waals surface area contributed by atoms with Crippen LogP contribution < -0.4 is 21.1 Å². The molecule has 0 unspecified atom stereocenters. The Balaban J connectivity index is 1.45. The Bertz CT molecular complexity index is 1270. The van der Waals surface area contributed by atoms with E-state index in [0.29, 0.717) is 23.4 Å². The molecule has 0 radical (unpaired) electrons. The lowest BCUT2D eigenvalue weighted by molar-refractivity contribution is -0.126. The molecule has 1 saturated heterocycles. The second-order valence-corrected chi connectivity index (χ2v) is 10.0. The minimum Gasteiger partial charge on any atom is -0.354 e. The average molecular weight is 483 g/mol. The molecule has 0 aliphatic carbocycles. The number of carbonyl (C=O) groups is 2. The van der Waals surface area contributed by atoms with E-state index in [1.54, 1.807) is 0 Å². The zero-order valence-corrected chi connectivity index (χ0v) is 20.7. The lowest BCUT2D eigenvalue weighted by Gasteiger charge is -2.31. The van der Waals surface area contributed by atoms with Crippen LogP contribution in [0.1, 0.15) is 37.8 Å². The molecule has 3 heterocycles. The summed E-state index contributed by atoms with van der Waals surface area (Å²) in [5.74, 6) is -0.190. The Hall–Kier alpha value is -3.27. The smallest absolute Gasteiger partial charge is 0.273 e. The predicted molar refractivity (Wildman–Crippen MR) is 134 cm³/mol. The molecule has 4 rings (SSSR count). The van der Waals surface area contributed by atoms with Crippen LogP contribution in [0.2, 0.25) is 0 Å². The first kappa shape index (κ1) is 23.9. The van der Waals surface area contributed by atoms with Gasteiger partial charge in [0.05, 0.1) is 0 Å². The number of aromatic nitrogens is 3. The lowest BCUT2D eigenvalue weighted by atomic mass is 9.96. The molecule has 0 spiro atoms. The van der Waals surface area contributed by atoms with Crippen LogP contribution in [0.15, 0.2) is 29.3 Å². The normalized spacial score (nSPS) is 14.6. The van der Waals surface area contributed by atoms with Crippen LogP contribution >= 0.6 is 11.3 Å². The van der Waals surface area contributed by atoms with Crippen molar-refractivity contribution in [2.45, 2.75) is 53.1 Å². The van der Waals surface area contributed by atoms with E-state index >= 15 is 0 Å². The van der Waals surface area contributed by atoms with E-state index in [9.17, 15) is 14.4 Å². The van der Waals surface area contributed by atoms with E-state index in [-0.39, 0.29) is 35.9 Å². The van der Waals surface area contributed by atoms with Gasteiger partial charge in [-0.15, -0.1) is 0 Å². The van der Waals surface area contributed by atoms with Crippen LogP contribution in [0.5, 0.6) is 0 Å². The number of amides is 2. The molecule has 34 heavy (non-hydrogen) atoms. The number of piperidine rings is 1. The van der Waals surface area contributed by atoms with Crippen LogP contribution in [0.4, 0.5) is 10.8 Å². The first-order valence-electron chi connectivity index (χ1n) is 11.5. The molecule has 1 aliphatic rings. The molecular formula is C24H30N6O3S. The molecule has 180 valence electrons. The van der Waals surface area contributed by atoms with E-state index in [1.807, 2.05) is 45.9 Å². The van der Waals surface area contributed by atoms with Crippen molar-refractivity contribution in [1.82, 2.24) is 19.9 Å². The Morgan fingerprint density at radius 1 is 1.21 bits per heavy atom. The maximum Gasteiger partial charge on any atom is 0.273 e. The van der Waals surface area contributed by atoms with Crippen LogP contribution in [0, 0.1) is 19.8 Å². The van der Waals surface area contributed by atoms with Gasteiger partial charge in [-0.25, -0.2) is 4.98 Å². The predicted octanol–water partition coefficient (Wildman–Crippen LogP) is 2.85. The van der Waals surface area contributed by atoms with E-state index in [1.165, 1.54) is 22.2 Å². The number of rotatable bonds is 6. The number of fused-ring (bicyclic) bond motifs is 1. The summed E-state index contributed by atoms with van der Waals surface area (Å²) in [5, 5.41) is 6.58. The van der Waals surface area contributed by atoms with Crippen molar-refractivity contribution in [2.75, 3.05) is 23.3 Å². The van der Waals surface area contributed by atoms with E-state index < -0.39 is 0 Å². The third-order valence-electron chi connectivity index (χ3n) is 6.13. The molecule has 2 amide bonds. The number of nitrogens with zero attached hydrogens (tertiary/aromatic N) is 4. The minimum absolute atomic E-state index is 0.000989. The summed E-state index contributed by atoms with van der Waals surface area (Å²) in [4.78, 5) is 48.9. The van der Waals surface area contributed by atoms with Gasteiger partial charge in [-0.1, -0.05) is 23.5 Å². The second-order valence-electron chi connectivity index (χ2n) is 9.05. The third kappa shape index (κ3) is 5.11. The number of aryl methyl sites for hydroxylation is 1. The number of hydrogen-bond donors (Lipinski definition) is 2. The molecule has 2 N–H and O–H groups in total. The van der Waals surface area contributed by atoms with Gasteiger partial charge in [-0.05, 0) is 57.7 Å². The van der Waals surface area contributed by atoms with Gasteiger partial charge in [-0.3, -0.25) is 19.0 Å². The molecule has 0 saturated carbocycles. The van der Waals surface area contributed by atoms with Crippen LogP contribution in [-0.4, -0.2) is 45.5 Å². The fraction of sp³-hybridized carbons (Fsp3) is 0.458. The third-order valence-corrected chi connectivity index (χ3v) is 7.23. The summed E-state index contributed by atoms with van der Waals surface area (Å²) in [6.45, 7) is 9.12. The van der Waals surface area contributed by atoms with Gasteiger partial charge in [0.1, 0.15) is 17.6 Å². The van der Waals surface area contributed by atoms with Gasteiger partial charge in [0, 0.05) is 30.7 Å². The van der Waals surface area contributed by atoms with Crippen molar-refractivity contribution < 1.29 is 9.59 Å². The summed E-state index contributed by atoms with van der Waals surface area (Å²) in [7, 11) is 0. The highest BCUT2D eigenvalue weighted by atomic mass is 32.1. The Labute approximate surface area is 202 Å². The quantitative estimate of drug-likeness (QED) is 0.559. The summed E-state index contributed by atoms with van der Waals surface area (Å²) in [6, 6.07) is 5.84. The molecule has 1 fully saturated rings. The van der Waals surface area contributed by atoms with Crippen molar-refractivity contribution in [2.24, 2.45) is 5.92 Å². The van der Waals surface area contributed by atoms with E-state index in [4.69, 9.17) is 0 Å². The standard InChI is InChI=1S/C24H30N6O3S/c1-14(2)26-22(32)17-8-10-29(11-9-17)24-28-21-20(34-24)23(33)30(13-25-21)12-19(31)27-18-7-5-6-15(3)16(18)4/h5-7,13-14,17H,8-12H2,1-4H3,(H,26,32)(H,27,31). The van der Waals surface area contributed by atoms with Crippen molar-refractivity contribution in [3.63, 3.8) is 0 Å². The Morgan fingerprint density at radius 3 is 2.65 bits per heavy atom. The van der Waals surface area contributed by atoms with Crippen molar-refractivity contribution in [1.29, 1.82) is 0 Å². The van der Waals surface area contributed by atoms with Gasteiger partial charge in [-0.2, -0.15) is 4.98 Å². The molecule has 0 bridgehead atoms. The van der Waals surface area contributed by atoms with Gasteiger partial charge >= 0.3 is 0 Å². The molecule has 1 aromatic carbocycles. The zero-order valence-electron chi connectivity index (χ0n) is 19.9. The highest BCUT2D eigenvalue weighted by molar-refractivity contribution is 7.22. The molecule has 2 aromatic heterocycles. The van der Waals surface area contributed by atoms with Crippen LogP contribution in [0.25, 0.3) is 10.3 Å². The first-order chi connectivity index (χ1) is 16.2. The van der Waals surface area contributed by atoms with Crippen LogP contribution in [0.3, 0.4) is 0 Å². The molecular weight excluding hydrogens is 452 g/mol. The number of nitrogens with one attached hydrogen (secondary N) is 2. The first-order valence-corrected chi connectivity index (χ1v) is 12.3. The fourth-order valence-corrected chi connectivity index (χ4v) is 5.07. The van der Waals surface area contributed by atoms with Gasteiger partial charge in [0.2, 0.25) is 11.8 Å². The maximum absolute atomic E-state index is 13.0. The highest BCUT2D eigenvalue weighted by Gasteiger charge is 2.27. The number of thiazole rings is 1. The largest absolute Gasteiger partial charge is 0.354 e. The average Bonchev–Trinajstić information content (AvgIpc) is 3.24. The molecule has 3 aromatic rings. The monoisotopic (exact) mass is 482 g/mol. The second kappa shape index (κ2) is 9.92. The lowest BCUT2D eigenvalue weighted by Crippen LogP contribution is -2.42. The highest BCUT2D eigenvalue weighted by Crippen LogP contribution is 2.29.